The Morgan fingerprint density at radius 3 is 2.42 bits per heavy atom. The molecule has 2 aromatic rings. The second kappa shape index (κ2) is 7.30. The maximum absolute atomic E-state index is 12.6. The molecule has 0 saturated carbocycles. The van der Waals surface area contributed by atoms with Gasteiger partial charge in [0.2, 0.25) is 0 Å². The van der Waals surface area contributed by atoms with Crippen LogP contribution in [0.4, 0.5) is 0 Å². The number of carbonyl (C=O) groups excluding carboxylic acids is 1. The molecule has 1 aliphatic rings. The number of carbonyl (C=O) groups is 2. The van der Waals surface area contributed by atoms with E-state index in [1.807, 2.05) is 48.5 Å². The number of carboxylic acid groups (broad SMARTS) is 1. The molecule has 0 spiro atoms. The van der Waals surface area contributed by atoms with E-state index in [1.165, 1.54) is 17.5 Å². The van der Waals surface area contributed by atoms with Crippen molar-refractivity contribution in [2.24, 2.45) is 0 Å². The zero-order valence-corrected chi connectivity index (χ0v) is 13.5. The molecule has 2 N–H and O–H groups in total. The van der Waals surface area contributed by atoms with Crippen LogP contribution in [0.5, 0.6) is 0 Å². The minimum Gasteiger partial charge on any atom is -0.481 e. The summed E-state index contributed by atoms with van der Waals surface area (Å²) in [6, 6.07) is 14.5. The summed E-state index contributed by atoms with van der Waals surface area (Å²) in [4.78, 5) is 23.7. The average molecular weight is 323 g/mol. The zero-order chi connectivity index (χ0) is 16.9. The molecule has 1 unspecified atom stereocenters. The molecule has 0 aliphatic heterocycles. The fourth-order valence-corrected chi connectivity index (χ4v) is 3.23. The lowest BCUT2D eigenvalue weighted by Crippen LogP contribution is -2.30. The van der Waals surface area contributed by atoms with Crippen molar-refractivity contribution in [1.29, 1.82) is 0 Å². The predicted molar refractivity (Wildman–Crippen MR) is 92.0 cm³/mol. The van der Waals surface area contributed by atoms with Crippen molar-refractivity contribution in [1.82, 2.24) is 5.32 Å². The number of amides is 1. The second-order valence-corrected chi connectivity index (χ2v) is 6.23. The number of nitrogens with one attached hydrogen (secondary N) is 1. The number of carboxylic acids is 1. The van der Waals surface area contributed by atoms with Crippen LogP contribution in [0.1, 0.15) is 52.4 Å². The topological polar surface area (TPSA) is 66.4 Å². The third kappa shape index (κ3) is 3.82. The van der Waals surface area contributed by atoms with Gasteiger partial charge in [0.1, 0.15) is 0 Å². The number of hydrogen-bond donors (Lipinski definition) is 2. The van der Waals surface area contributed by atoms with E-state index >= 15 is 0 Å². The van der Waals surface area contributed by atoms with Gasteiger partial charge in [0.25, 0.3) is 5.91 Å². The summed E-state index contributed by atoms with van der Waals surface area (Å²) in [5.41, 5.74) is 3.96. The van der Waals surface area contributed by atoms with E-state index in [0.29, 0.717) is 5.56 Å². The maximum Gasteiger partial charge on any atom is 0.305 e. The van der Waals surface area contributed by atoms with Gasteiger partial charge < -0.3 is 10.4 Å². The first-order valence-electron chi connectivity index (χ1n) is 8.33. The Morgan fingerprint density at radius 1 is 1.00 bits per heavy atom. The SMILES string of the molecule is O=C(O)CC(NC(=O)c1ccc2c(c1)CCCC2)c1ccccc1. The van der Waals surface area contributed by atoms with Crippen LogP contribution < -0.4 is 5.32 Å². The highest BCUT2D eigenvalue weighted by Gasteiger charge is 2.20. The van der Waals surface area contributed by atoms with Gasteiger partial charge >= 0.3 is 5.97 Å². The number of benzene rings is 2. The lowest BCUT2D eigenvalue weighted by Gasteiger charge is -2.19. The maximum atomic E-state index is 12.6. The van der Waals surface area contributed by atoms with Gasteiger partial charge in [-0.05, 0) is 54.5 Å². The molecule has 24 heavy (non-hydrogen) atoms. The van der Waals surface area contributed by atoms with E-state index < -0.39 is 12.0 Å². The van der Waals surface area contributed by atoms with E-state index in [1.54, 1.807) is 0 Å². The molecule has 1 amide bonds. The molecular weight excluding hydrogens is 302 g/mol. The Bertz CT molecular complexity index is 740. The minimum absolute atomic E-state index is 0.138. The third-order valence-electron chi connectivity index (χ3n) is 4.50. The third-order valence-corrected chi connectivity index (χ3v) is 4.50. The van der Waals surface area contributed by atoms with Crippen molar-refractivity contribution in [2.75, 3.05) is 0 Å². The molecule has 0 saturated heterocycles. The van der Waals surface area contributed by atoms with Crippen LogP contribution >= 0.6 is 0 Å². The van der Waals surface area contributed by atoms with Crippen molar-refractivity contribution >= 4 is 11.9 Å². The van der Waals surface area contributed by atoms with Crippen molar-refractivity contribution in [3.05, 3.63) is 70.8 Å². The summed E-state index contributed by atoms with van der Waals surface area (Å²) in [5, 5.41) is 12.0. The highest BCUT2D eigenvalue weighted by atomic mass is 16.4. The molecule has 3 rings (SSSR count). The molecule has 1 aliphatic carbocycles. The van der Waals surface area contributed by atoms with Gasteiger partial charge in [0.05, 0.1) is 12.5 Å². The zero-order valence-electron chi connectivity index (χ0n) is 13.5. The minimum atomic E-state index is -0.936. The first-order valence-corrected chi connectivity index (χ1v) is 8.33. The summed E-state index contributed by atoms with van der Waals surface area (Å²) < 4.78 is 0. The Hall–Kier alpha value is -2.62. The molecular formula is C20H21NO3. The van der Waals surface area contributed by atoms with Gasteiger partial charge in [-0.15, -0.1) is 0 Å². The largest absolute Gasteiger partial charge is 0.481 e. The van der Waals surface area contributed by atoms with Crippen molar-refractivity contribution in [3.63, 3.8) is 0 Å². The molecule has 2 aromatic carbocycles. The monoisotopic (exact) mass is 323 g/mol. The Kier molecular flexibility index (Phi) is 4.94. The predicted octanol–water partition coefficient (Wildman–Crippen LogP) is 3.51. The van der Waals surface area contributed by atoms with Crippen LogP contribution in [0.3, 0.4) is 0 Å². The fourth-order valence-electron chi connectivity index (χ4n) is 3.23. The summed E-state index contributed by atoms with van der Waals surface area (Å²) in [6.45, 7) is 0. The van der Waals surface area contributed by atoms with Crippen LogP contribution in [-0.2, 0) is 17.6 Å². The lowest BCUT2D eigenvalue weighted by molar-refractivity contribution is -0.137. The number of rotatable bonds is 5. The highest BCUT2D eigenvalue weighted by molar-refractivity contribution is 5.95. The fraction of sp³-hybridized carbons (Fsp3) is 0.300. The van der Waals surface area contributed by atoms with Crippen LogP contribution in [0.25, 0.3) is 0 Å². The summed E-state index contributed by atoms with van der Waals surface area (Å²) in [5.74, 6) is -1.16. The molecule has 4 heteroatoms. The molecule has 0 fully saturated rings. The summed E-state index contributed by atoms with van der Waals surface area (Å²) in [6.07, 6.45) is 4.30. The molecule has 0 heterocycles. The number of fused-ring (bicyclic) bond motifs is 1. The van der Waals surface area contributed by atoms with Gasteiger partial charge in [-0.25, -0.2) is 0 Å². The molecule has 0 aromatic heterocycles. The molecule has 1 atom stereocenters. The average Bonchev–Trinajstić information content (AvgIpc) is 2.61. The van der Waals surface area contributed by atoms with E-state index in [-0.39, 0.29) is 12.3 Å². The Balaban J connectivity index is 1.79. The summed E-state index contributed by atoms with van der Waals surface area (Å²) >= 11 is 0. The van der Waals surface area contributed by atoms with E-state index in [0.717, 1.165) is 24.8 Å². The van der Waals surface area contributed by atoms with Gasteiger partial charge in [-0.3, -0.25) is 9.59 Å². The Morgan fingerprint density at radius 2 is 1.71 bits per heavy atom. The van der Waals surface area contributed by atoms with Gasteiger partial charge in [-0.2, -0.15) is 0 Å². The number of aliphatic carboxylic acids is 1. The van der Waals surface area contributed by atoms with Crippen LogP contribution in [0.2, 0.25) is 0 Å². The summed E-state index contributed by atoms with van der Waals surface area (Å²) in [7, 11) is 0. The van der Waals surface area contributed by atoms with E-state index in [2.05, 4.69) is 5.32 Å². The van der Waals surface area contributed by atoms with Crippen molar-refractivity contribution in [2.45, 2.75) is 38.1 Å². The normalized spacial score (nSPS) is 14.5. The standard InChI is InChI=1S/C20H21NO3/c22-19(23)13-18(15-7-2-1-3-8-15)21-20(24)17-11-10-14-6-4-5-9-16(14)12-17/h1-3,7-8,10-12,18H,4-6,9,13H2,(H,21,24)(H,22,23). The molecule has 0 bridgehead atoms. The van der Waals surface area contributed by atoms with Crippen LogP contribution in [0.15, 0.2) is 48.5 Å². The first-order chi connectivity index (χ1) is 11.6. The van der Waals surface area contributed by atoms with Crippen molar-refractivity contribution in [3.8, 4) is 0 Å². The molecule has 4 nitrogen and oxygen atoms in total. The number of aryl methyl sites for hydroxylation is 2. The van der Waals surface area contributed by atoms with E-state index in [4.69, 9.17) is 5.11 Å². The first kappa shape index (κ1) is 16.2. The quantitative estimate of drug-likeness (QED) is 0.885. The van der Waals surface area contributed by atoms with Crippen LogP contribution in [0, 0.1) is 0 Å². The van der Waals surface area contributed by atoms with Crippen LogP contribution in [-0.4, -0.2) is 17.0 Å². The van der Waals surface area contributed by atoms with Crippen molar-refractivity contribution < 1.29 is 14.7 Å². The molecule has 0 radical (unpaired) electrons. The second-order valence-electron chi connectivity index (χ2n) is 6.23. The molecule has 124 valence electrons. The lowest BCUT2D eigenvalue weighted by atomic mass is 9.90. The smallest absolute Gasteiger partial charge is 0.305 e. The number of hydrogen-bond acceptors (Lipinski definition) is 2. The Labute approximate surface area is 141 Å². The van der Waals surface area contributed by atoms with E-state index in [9.17, 15) is 9.59 Å². The van der Waals surface area contributed by atoms with Gasteiger partial charge in [0, 0.05) is 5.56 Å². The van der Waals surface area contributed by atoms with Gasteiger partial charge in [0.15, 0.2) is 0 Å². The van der Waals surface area contributed by atoms with Gasteiger partial charge in [-0.1, -0.05) is 36.4 Å². The highest BCUT2D eigenvalue weighted by Crippen LogP contribution is 2.23.